The lowest BCUT2D eigenvalue weighted by atomic mass is 9.95. The van der Waals surface area contributed by atoms with Gasteiger partial charge in [-0.1, -0.05) is 12.0 Å². The summed E-state index contributed by atoms with van der Waals surface area (Å²) in [4.78, 5) is 33.9. The van der Waals surface area contributed by atoms with Crippen molar-refractivity contribution >= 4 is 33.6 Å². The minimum absolute atomic E-state index is 0.0543. The Bertz CT molecular complexity index is 2300. The zero-order valence-corrected chi connectivity index (χ0v) is 31.7. The molecule has 4 saturated heterocycles. The predicted molar refractivity (Wildman–Crippen MR) is 201 cm³/mol. The van der Waals surface area contributed by atoms with E-state index in [1.165, 1.54) is 25.3 Å². The molecule has 5 aliphatic heterocycles. The summed E-state index contributed by atoms with van der Waals surface area (Å²) >= 11 is 0. The van der Waals surface area contributed by atoms with Crippen molar-refractivity contribution in [1.29, 1.82) is 0 Å². The highest BCUT2D eigenvalue weighted by Crippen LogP contribution is 2.47. The summed E-state index contributed by atoms with van der Waals surface area (Å²) in [5, 5.41) is 0.970. The first-order valence-corrected chi connectivity index (χ1v) is 19.1. The van der Waals surface area contributed by atoms with Gasteiger partial charge in [-0.15, -0.1) is 6.42 Å². The smallest absolute Gasteiger partial charge is 0.410 e. The zero-order valence-electron chi connectivity index (χ0n) is 31.7. The third-order valence-corrected chi connectivity index (χ3v) is 11.8. The number of pyridine rings is 1. The Kier molecular flexibility index (Phi) is 8.85. The fourth-order valence-electron chi connectivity index (χ4n) is 9.50. The number of carbonyl (C=O) groups excluding carboxylic acids is 1. The van der Waals surface area contributed by atoms with Crippen molar-refractivity contribution in [2.75, 3.05) is 51.7 Å². The van der Waals surface area contributed by atoms with Crippen LogP contribution in [0.25, 0.3) is 32.9 Å². The van der Waals surface area contributed by atoms with Gasteiger partial charge in [0.2, 0.25) is 5.88 Å². The van der Waals surface area contributed by atoms with Crippen LogP contribution < -0.4 is 19.1 Å². The molecule has 1 amide bonds. The zero-order chi connectivity index (χ0) is 39.1. The number of halogens is 3. The van der Waals surface area contributed by atoms with E-state index < -0.39 is 41.1 Å². The number of fused-ring (bicyclic) bond motifs is 7. The Morgan fingerprint density at radius 3 is 2.71 bits per heavy atom. The molecule has 0 spiro atoms. The Hall–Kier alpha value is -5.07. The number of aromatic nitrogens is 3. The van der Waals surface area contributed by atoms with Crippen LogP contribution >= 0.6 is 0 Å². The Morgan fingerprint density at radius 1 is 1.09 bits per heavy atom. The maximum atomic E-state index is 17.5. The summed E-state index contributed by atoms with van der Waals surface area (Å²) in [6, 6.07) is 4.97. The SMILES string of the molecule is C#Cc1c(F)ccc2cc(OCOC)cc(-c3nc4c5c(nc(OC[C@]67CCCN6C[C@@H](F)C7)nc5c3F)N3C[C@@H]5CC[C@H]([C@@H]3CO4)N5C(=O)OC(C)(C)C)c12. The van der Waals surface area contributed by atoms with Gasteiger partial charge in [-0.2, -0.15) is 9.97 Å². The van der Waals surface area contributed by atoms with Crippen molar-refractivity contribution in [3.63, 3.8) is 0 Å². The first-order chi connectivity index (χ1) is 26.9. The lowest BCUT2D eigenvalue weighted by Crippen LogP contribution is -2.63. The minimum Gasteiger partial charge on any atom is -0.475 e. The van der Waals surface area contributed by atoms with Crippen LogP contribution in [-0.2, 0) is 9.47 Å². The standard InChI is InChI=1S/C41H43F3N6O6/c1-6-26-28(43)10-8-22-14-25(55-21-52-5)15-27(31(22)26)34-33(44)35-32-36(47-38(46-35)54-20-41-12-7-13-48(41)17-23(42)16-41)49-18-24-9-11-29(30(49)19-53-37(32)45-34)50(24)39(51)56-40(2,3)4/h1,8,10,14-15,23-24,29-30H,7,9,11-13,16-21H2,2-5H3/t23-,24-,29+,30-,41+/m0/s1. The van der Waals surface area contributed by atoms with Gasteiger partial charge in [0.1, 0.15) is 59.0 Å². The number of hydrogen-bond donors (Lipinski definition) is 0. The molecule has 5 aliphatic rings. The van der Waals surface area contributed by atoms with Crippen molar-refractivity contribution in [2.45, 2.75) is 88.3 Å². The predicted octanol–water partition coefficient (Wildman–Crippen LogP) is 6.39. The number of piperazine rings is 1. The van der Waals surface area contributed by atoms with E-state index in [1.807, 2.05) is 25.7 Å². The first-order valence-electron chi connectivity index (χ1n) is 19.1. The fraction of sp³-hybridized carbons (Fsp3) is 0.512. The number of benzene rings is 2. The third kappa shape index (κ3) is 6.00. The van der Waals surface area contributed by atoms with Crippen molar-refractivity contribution in [3.8, 4) is 41.2 Å². The monoisotopic (exact) mass is 772 g/mol. The topological polar surface area (TPSA) is 112 Å². The van der Waals surface area contributed by atoms with Crippen LogP contribution in [0.1, 0.15) is 58.4 Å². The minimum atomic E-state index is -0.972. The quantitative estimate of drug-likeness (QED) is 0.154. The van der Waals surface area contributed by atoms with Gasteiger partial charge in [0, 0.05) is 37.6 Å². The van der Waals surface area contributed by atoms with Crippen LogP contribution in [0.2, 0.25) is 0 Å². The maximum Gasteiger partial charge on any atom is 0.410 e. The number of nitrogens with zero attached hydrogens (tertiary/aromatic N) is 6. The largest absolute Gasteiger partial charge is 0.475 e. The number of ether oxygens (including phenoxy) is 5. The van der Waals surface area contributed by atoms with Crippen LogP contribution in [0.15, 0.2) is 24.3 Å². The highest BCUT2D eigenvalue weighted by atomic mass is 19.1. The van der Waals surface area contributed by atoms with Crippen molar-refractivity contribution in [2.24, 2.45) is 0 Å². The molecule has 2 aromatic carbocycles. The van der Waals surface area contributed by atoms with E-state index in [1.54, 1.807) is 11.0 Å². The van der Waals surface area contributed by atoms with E-state index in [0.29, 0.717) is 42.9 Å². The molecule has 2 aromatic heterocycles. The number of hydrogen-bond acceptors (Lipinski definition) is 11. The second kappa shape index (κ2) is 13.5. The summed E-state index contributed by atoms with van der Waals surface area (Å²) in [6.07, 6.45) is 7.89. The highest BCUT2D eigenvalue weighted by Gasteiger charge is 2.52. The molecule has 0 N–H and O–H groups in total. The van der Waals surface area contributed by atoms with Gasteiger partial charge in [-0.3, -0.25) is 9.80 Å². The molecule has 2 bridgehead atoms. The van der Waals surface area contributed by atoms with Gasteiger partial charge in [-0.05, 0) is 76.6 Å². The summed E-state index contributed by atoms with van der Waals surface area (Å²) in [7, 11) is 1.47. The number of methoxy groups -OCH3 is 1. The molecule has 0 aliphatic carbocycles. The molecule has 0 radical (unpaired) electrons. The number of amides is 1. The second-order valence-electron chi connectivity index (χ2n) is 16.4. The van der Waals surface area contributed by atoms with E-state index in [-0.39, 0.29) is 77.1 Å². The van der Waals surface area contributed by atoms with Crippen molar-refractivity contribution < 1.29 is 41.7 Å². The number of carbonyl (C=O) groups is 1. The molecule has 9 rings (SSSR count). The molecule has 5 atom stereocenters. The van der Waals surface area contributed by atoms with E-state index >= 15 is 8.78 Å². The average molecular weight is 773 g/mol. The Labute approximate surface area is 322 Å². The first kappa shape index (κ1) is 36.6. The molecule has 15 heteroatoms. The van der Waals surface area contributed by atoms with Gasteiger partial charge < -0.3 is 28.6 Å². The Morgan fingerprint density at radius 2 is 1.93 bits per heavy atom. The Balaban J connectivity index is 1.21. The van der Waals surface area contributed by atoms with Crippen molar-refractivity contribution in [3.05, 3.63) is 41.5 Å². The molecule has 7 heterocycles. The van der Waals surface area contributed by atoms with E-state index in [4.69, 9.17) is 40.1 Å². The van der Waals surface area contributed by atoms with E-state index in [9.17, 15) is 9.18 Å². The molecular formula is C41H43F3N6O6. The van der Waals surface area contributed by atoms with Crippen LogP contribution in [-0.4, -0.2) is 113 Å². The average Bonchev–Trinajstić information content (AvgIpc) is 3.76. The van der Waals surface area contributed by atoms with Gasteiger partial charge in [0.25, 0.3) is 0 Å². The molecule has 0 saturated carbocycles. The van der Waals surface area contributed by atoms with Gasteiger partial charge in [-0.25, -0.2) is 22.9 Å². The molecule has 294 valence electrons. The van der Waals surface area contributed by atoms with Gasteiger partial charge in [0.15, 0.2) is 12.6 Å². The summed E-state index contributed by atoms with van der Waals surface area (Å²) < 4.78 is 77.2. The van der Waals surface area contributed by atoms with Gasteiger partial charge >= 0.3 is 12.1 Å². The summed E-state index contributed by atoms with van der Waals surface area (Å²) in [6.45, 7) is 7.07. The van der Waals surface area contributed by atoms with Crippen molar-refractivity contribution in [1.82, 2.24) is 24.8 Å². The van der Waals surface area contributed by atoms with Crippen LogP contribution in [0.4, 0.5) is 23.8 Å². The van der Waals surface area contributed by atoms with E-state index in [2.05, 4.69) is 15.8 Å². The lowest BCUT2D eigenvalue weighted by molar-refractivity contribution is 0.00537. The molecule has 56 heavy (non-hydrogen) atoms. The van der Waals surface area contributed by atoms with E-state index in [0.717, 1.165) is 25.8 Å². The lowest BCUT2D eigenvalue weighted by Gasteiger charge is -2.46. The number of rotatable bonds is 7. The van der Waals surface area contributed by atoms with Crippen LogP contribution in [0, 0.1) is 24.0 Å². The highest BCUT2D eigenvalue weighted by molar-refractivity contribution is 6.04. The third-order valence-electron chi connectivity index (χ3n) is 11.8. The molecule has 4 aromatic rings. The summed E-state index contributed by atoms with van der Waals surface area (Å²) in [5.41, 5.74) is -1.46. The van der Waals surface area contributed by atoms with Crippen LogP contribution in [0.5, 0.6) is 17.6 Å². The fourth-order valence-corrected chi connectivity index (χ4v) is 9.50. The normalized spacial score (nSPS) is 25.5. The molecule has 12 nitrogen and oxygen atoms in total. The number of anilines is 1. The maximum absolute atomic E-state index is 17.5. The van der Waals surface area contributed by atoms with Gasteiger partial charge in [0.05, 0.1) is 29.2 Å². The molecule has 0 unspecified atom stereocenters. The number of terminal acetylenes is 1. The second-order valence-corrected chi connectivity index (χ2v) is 16.4. The van der Waals surface area contributed by atoms with Crippen LogP contribution in [0.3, 0.4) is 0 Å². The number of alkyl halides is 1. The summed E-state index contributed by atoms with van der Waals surface area (Å²) in [5.74, 6) is 1.65. The molecule has 4 fully saturated rings. The molecular weight excluding hydrogens is 729 g/mol.